The van der Waals surface area contributed by atoms with E-state index in [1.807, 2.05) is 20.8 Å². The first-order valence-corrected chi connectivity index (χ1v) is 7.04. The third kappa shape index (κ3) is 4.59. The van der Waals surface area contributed by atoms with Crippen LogP contribution in [0, 0.1) is 5.41 Å². The van der Waals surface area contributed by atoms with Crippen LogP contribution in [-0.4, -0.2) is 22.5 Å². The predicted molar refractivity (Wildman–Crippen MR) is 84.0 cm³/mol. The highest BCUT2D eigenvalue weighted by molar-refractivity contribution is 9.10. The number of primary amides is 1. The molecule has 0 fully saturated rings. The summed E-state index contributed by atoms with van der Waals surface area (Å²) in [5.41, 5.74) is 4.82. The highest BCUT2D eigenvalue weighted by atomic mass is 79.9. The van der Waals surface area contributed by atoms with Crippen molar-refractivity contribution in [1.29, 1.82) is 0 Å². The topological polar surface area (TPSA) is 106 Å². The van der Waals surface area contributed by atoms with E-state index in [0.717, 1.165) is 0 Å². The predicted octanol–water partition coefficient (Wildman–Crippen LogP) is 1.17. The Hall–Kier alpha value is -1.83. The minimum Gasteiger partial charge on any atom is -0.352 e. The molecule has 1 aromatic rings. The van der Waals surface area contributed by atoms with Gasteiger partial charge in [-0.2, -0.15) is 0 Å². The van der Waals surface area contributed by atoms with Crippen molar-refractivity contribution in [3.05, 3.63) is 27.1 Å². The standard InChI is InChI=1S/C13H19BrN4O3/c1-13(2,3)9(17-12(15)21)10(19)16-7-5-8(14)11(20)18(4)6-7/h5-6,9H,1-4H3,(H,16,19)(H3,15,17,21). The number of hydrogen-bond acceptors (Lipinski definition) is 3. The van der Waals surface area contributed by atoms with Gasteiger partial charge in [0.05, 0.1) is 10.2 Å². The lowest BCUT2D eigenvalue weighted by Gasteiger charge is -2.29. The maximum Gasteiger partial charge on any atom is 0.312 e. The van der Waals surface area contributed by atoms with Crippen molar-refractivity contribution in [2.75, 3.05) is 5.32 Å². The number of aromatic nitrogens is 1. The van der Waals surface area contributed by atoms with E-state index in [2.05, 4.69) is 26.6 Å². The van der Waals surface area contributed by atoms with Gasteiger partial charge in [0.2, 0.25) is 5.91 Å². The smallest absolute Gasteiger partial charge is 0.312 e. The van der Waals surface area contributed by atoms with Crippen molar-refractivity contribution >= 4 is 33.6 Å². The van der Waals surface area contributed by atoms with Crippen LogP contribution in [0.3, 0.4) is 0 Å². The van der Waals surface area contributed by atoms with Crippen LogP contribution in [0.1, 0.15) is 20.8 Å². The molecule has 3 amide bonds. The molecular weight excluding hydrogens is 340 g/mol. The van der Waals surface area contributed by atoms with Crippen LogP contribution in [-0.2, 0) is 11.8 Å². The number of nitrogens with zero attached hydrogens (tertiary/aromatic N) is 1. The second kappa shape index (κ2) is 6.30. The summed E-state index contributed by atoms with van der Waals surface area (Å²) in [6.45, 7) is 5.43. The molecule has 0 spiro atoms. The molecule has 0 saturated heterocycles. The van der Waals surface area contributed by atoms with Crippen LogP contribution in [0.4, 0.5) is 10.5 Å². The molecule has 1 aromatic heterocycles. The summed E-state index contributed by atoms with van der Waals surface area (Å²) in [5.74, 6) is -0.410. The largest absolute Gasteiger partial charge is 0.352 e. The average Bonchev–Trinajstić information content (AvgIpc) is 2.31. The van der Waals surface area contributed by atoms with Crippen LogP contribution in [0.5, 0.6) is 0 Å². The number of rotatable bonds is 3. The minimum absolute atomic E-state index is 0.212. The number of carbonyl (C=O) groups is 2. The molecule has 1 unspecified atom stereocenters. The van der Waals surface area contributed by atoms with Gasteiger partial charge in [0.1, 0.15) is 6.04 Å². The number of nitrogens with two attached hydrogens (primary N) is 1. The van der Waals surface area contributed by atoms with Gasteiger partial charge in [0.15, 0.2) is 0 Å². The van der Waals surface area contributed by atoms with Gasteiger partial charge in [-0.3, -0.25) is 9.59 Å². The van der Waals surface area contributed by atoms with Crippen molar-refractivity contribution in [1.82, 2.24) is 9.88 Å². The third-order valence-corrected chi connectivity index (χ3v) is 3.39. The van der Waals surface area contributed by atoms with Gasteiger partial charge in [-0.1, -0.05) is 20.8 Å². The molecule has 1 atom stereocenters. The number of hydrogen-bond donors (Lipinski definition) is 3. The number of carbonyl (C=O) groups excluding carboxylic acids is 2. The Kier molecular flexibility index (Phi) is 5.16. The van der Waals surface area contributed by atoms with E-state index in [0.29, 0.717) is 10.2 Å². The van der Waals surface area contributed by atoms with Gasteiger partial charge in [0, 0.05) is 13.2 Å². The van der Waals surface area contributed by atoms with E-state index in [1.54, 1.807) is 7.05 Å². The van der Waals surface area contributed by atoms with E-state index in [1.165, 1.54) is 16.8 Å². The number of nitrogens with one attached hydrogen (secondary N) is 2. The molecule has 0 aliphatic carbocycles. The first-order valence-electron chi connectivity index (χ1n) is 6.25. The molecule has 1 rings (SSSR count). The maximum atomic E-state index is 12.3. The normalized spacial score (nSPS) is 12.6. The van der Waals surface area contributed by atoms with E-state index in [-0.39, 0.29) is 5.56 Å². The Bertz CT molecular complexity index is 593. The Morgan fingerprint density at radius 1 is 1.38 bits per heavy atom. The summed E-state index contributed by atoms with van der Waals surface area (Å²) in [7, 11) is 1.58. The van der Waals surface area contributed by atoms with Gasteiger partial charge >= 0.3 is 6.03 Å². The molecule has 1 heterocycles. The first-order chi connectivity index (χ1) is 9.52. The number of aryl methyl sites for hydroxylation is 1. The van der Waals surface area contributed by atoms with Gasteiger partial charge in [-0.15, -0.1) is 0 Å². The summed E-state index contributed by atoms with van der Waals surface area (Å²) in [6.07, 6.45) is 1.50. The first kappa shape index (κ1) is 17.2. The molecule has 8 heteroatoms. The second-order valence-electron chi connectivity index (χ2n) is 5.79. The summed E-state index contributed by atoms with van der Waals surface area (Å²) >= 11 is 3.13. The van der Waals surface area contributed by atoms with Gasteiger partial charge in [-0.05, 0) is 27.4 Å². The Labute approximate surface area is 131 Å². The van der Waals surface area contributed by atoms with Crippen LogP contribution in [0.25, 0.3) is 0 Å². The summed E-state index contributed by atoms with van der Waals surface area (Å²) in [4.78, 5) is 34.9. The van der Waals surface area contributed by atoms with Gasteiger partial charge in [-0.25, -0.2) is 4.79 Å². The fourth-order valence-corrected chi connectivity index (χ4v) is 2.30. The highest BCUT2D eigenvalue weighted by Gasteiger charge is 2.32. The molecule has 0 saturated carbocycles. The molecule has 0 radical (unpaired) electrons. The van der Waals surface area contributed by atoms with Gasteiger partial charge < -0.3 is 20.9 Å². The Morgan fingerprint density at radius 3 is 2.38 bits per heavy atom. The number of halogens is 1. The lowest BCUT2D eigenvalue weighted by atomic mass is 9.86. The Morgan fingerprint density at radius 2 is 1.95 bits per heavy atom. The van der Waals surface area contributed by atoms with Crippen molar-refractivity contribution in [2.24, 2.45) is 18.2 Å². The fourth-order valence-electron chi connectivity index (χ4n) is 1.77. The van der Waals surface area contributed by atoms with Crippen molar-refractivity contribution in [2.45, 2.75) is 26.8 Å². The zero-order valence-corrected chi connectivity index (χ0v) is 13.9. The molecule has 4 N–H and O–H groups in total. The highest BCUT2D eigenvalue weighted by Crippen LogP contribution is 2.21. The van der Waals surface area contributed by atoms with Crippen molar-refractivity contribution in [3.8, 4) is 0 Å². The molecular formula is C13H19BrN4O3. The maximum absolute atomic E-state index is 12.3. The quantitative estimate of drug-likeness (QED) is 0.754. The van der Waals surface area contributed by atoms with Crippen molar-refractivity contribution in [3.63, 3.8) is 0 Å². The van der Waals surface area contributed by atoms with Crippen LogP contribution in [0.2, 0.25) is 0 Å². The SMILES string of the molecule is Cn1cc(NC(=O)C(NC(N)=O)C(C)(C)C)cc(Br)c1=O. The monoisotopic (exact) mass is 358 g/mol. The number of amides is 3. The van der Waals surface area contributed by atoms with E-state index in [9.17, 15) is 14.4 Å². The third-order valence-electron chi connectivity index (χ3n) is 2.82. The van der Waals surface area contributed by atoms with Crippen LogP contribution >= 0.6 is 15.9 Å². The zero-order valence-electron chi connectivity index (χ0n) is 12.4. The lowest BCUT2D eigenvalue weighted by Crippen LogP contribution is -2.53. The molecule has 0 aliphatic heterocycles. The number of anilines is 1. The molecule has 0 aliphatic rings. The molecule has 0 aromatic carbocycles. The summed E-state index contributed by atoms with van der Waals surface area (Å²) in [5, 5.41) is 5.09. The number of pyridine rings is 1. The average molecular weight is 359 g/mol. The molecule has 7 nitrogen and oxygen atoms in total. The van der Waals surface area contributed by atoms with Crippen LogP contribution < -0.4 is 21.9 Å². The fraction of sp³-hybridized carbons (Fsp3) is 0.462. The second-order valence-corrected chi connectivity index (χ2v) is 6.64. The zero-order chi connectivity index (χ0) is 16.4. The van der Waals surface area contributed by atoms with Crippen LogP contribution in [0.15, 0.2) is 21.5 Å². The van der Waals surface area contributed by atoms with Gasteiger partial charge in [0.25, 0.3) is 5.56 Å². The Balaban J connectivity index is 3.02. The van der Waals surface area contributed by atoms with E-state index >= 15 is 0 Å². The molecule has 116 valence electrons. The lowest BCUT2D eigenvalue weighted by molar-refractivity contribution is -0.120. The molecule has 21 heavy (non-hydrogen) atoms. The summed E-state index contributed by atoms with van der Waals surface area (Å²) < 4.78 is 1.67. The van der Waals surface area contributed by atoms with E-state index in [4.69, 9.17) is 5.73 Å². The number of urea groups is 1. The minimum atomic E-state index is -0.800. The van der Waals surface area contributed by atoms with Crippen molar-refractivity contribution < 1.29 is 9.59 Å². The van der Waals surface area contributed by atoms with E-state index < -0.39 is 23.4 Å². The summed E-state index contributed by atoms with van der Waals surface area (Å²) in [6, 6.07) is -0.0674. The molecule has 0 bridgehead atoms.